The minimum Gasteiger partial charge on any atom is -0.385 e. The summed E-state index contributed by atoms with van der Waals surface area (Å²) in [5, 5.41) is 6.73. The van der Waals surface area contributed by atoms with Crippen molar-refractivity contribution in [1.29, 1.82) is 0 Å². The van der Waals surface area contributed by atoms with Crippen LogP contribution >= 0.6 is 0 Å². The Bertz CT molecular complexity index is 387. The Hall–Kier alpha value is -1.40. The predicted octanol–water partition coefficient (Wildman–Crippen LogP) is 0.723. The third-order valence-electron chi connectivity index (χ3n) is 3.18. The normalized spacial score (nSPS) is 19.5. The van der Waals surface area contributed by atoms with Crippen molar-refractivity contribution < 1.29 is 4.74 Å². The molecule has 0 aliphatic carbocycles. The summed E-state index contributed by atoms with van der Waals surface area (Å²) in [7, 11) is 1.72. The van der Waals surface area contributed by atoms with Gasteiger partial charge in [0.1, 0.15) is 18.0 Å². The first-order chi connectivity index (χ1) is 9.29. The molecule has 106 valence electrons. The van der Waals surface area contributed by atoms with Gasteiger partial charge < -0.3 is 20.3 Å². The summed E-state index contributed by atoms with van der Waals surface area (Å²) in [6.07, 6.45) is 2.60. The van der Waals surface area contributed by atoms with E-state index < -0.39 is 0 Å². The molecule has 2 rings (SSSR count). The number of hydrogen-bond donors (Lipinski definition) is 2. The Balaban J connectivity index is 1.90. The molecule has 0 radical (unpaired) electrons. The van der Waals surface area contributed by atoms with Crippen molar-refractivity contribution in [3.8, 4) is 0 Å². The number of piperazine rings is 1. The molecule has 1 unspecified atom stereocenters. The molecule has 0 aromatic carbocycles. The first kappa shape index (κ1) is 14.0. The Labute approximate surface area is 114 Å². The van der Waals surface area contributed by atoms with Crippen LogP contribution in [0.3, 0.4) is 0 Å². The second-order valence-electron chi connectivity index (χ2n) is 4.84. The Kier molecular flexibility index (Phi) is 5.35. The van der Waals surface area contributed by atoms with Gasteiger partial charge in [-0.3, -0.25) is 0 Å². The van der Waals surface area contributed by atoms with E-state index in [1.165, 1.54) is 0 Å². The lowest BCUT2D eigenvalue weighted by molar-refractivity contribution is 0.198. The first-order valence-corrected chi connectivity index (χ1v) is 6.83. The summed E-state index contributed by atoms with van der Waals surface area (Å²) in [6, 6.07) is 2.52. The molecule has 1 aromatic heterocycles. The fourth-order valence-electron chi connectivity index (χ4n) is 2.19. The fourth-order valence-corrected chi connectivity index (χ4v) is 2.19. The lowest BCUT2D eigenvalue weighted by Gasteiger charge is -2.32. The minimum atomic E-state index is 0.502. The van der Waals surface area contributed by atoms with Crippen LogP contribution in [0.1, 0.15) is 13.3 Å². The van der Waals surface area contributed by atoms with Crippen LogP contribution in [-0.4, -0.2) is 55.9 Å². The zero-order chi connectivity index (χ0) is 13.5. The van der Waals surface area contributed by atoms with E-state index in [4.69, 9.17) is 4.74 Å². The summed E-state index contributed by atoms with van der Waals surface area (Å²) < 4.78 is 5.02. The summed E-state index contributed by atoms with van der Waals surface area (Å²) in [5.74, 6) is 1.88. The van der Waals surface area contributed by atoms with Crippen molar-refractivity contribution in [2.45, 2.75) is 19.4 Å². The Morgan fingerprint density at radius 1 is 1.53 bits per heavy atom. The molecular formula is C13H23N5O. The lowest BCUT2D eigenvalue weighted by Crippen LogP contribution is -2.49. The molecule has 6 nitrogen and oxygen atoms in total. The summed E-state index contributed by atoms with van der Waals surface area (Å²) in [6.45, 7) is 6.80. The molecule has 19 heavy (non-hydrogen) atoms. The minimum absolute atomic E-state index is 0.502. The smallest absolute Gasteiger partial charge is 0.134 e. The van der Waals surface area contributed by atoms with Gasteiger partial charge in [-0.1, -0.05) is 0 Å². The maximum Gasteiger partial charge on any atom is 0.134 e. The molecule has 1 saturated heterocycles. The molecule has 0 spiro atoms. The highest BCUT2D eigenvalue weighted by molar-refractivity contribution is 5.48. The monoisotopic (exact) mass is 265 g/mol. The molecule has 0 bridgehead atoms. The van der Waals surface area contributed by atoms with Gasteiger partial charge in [0.05, 0.1) is 0 Å². The number of methoxy groups -OCH3 is 1. The molecule has 2 N–H and O–H groups in total. The van der Waals surface area contributed by atoms with Gasteiger partial charge in [-0.25, -0.2) is 9.97 Å². The van der Waals surface area contributed by atoms with Crippen LogP contribution in [0.4, 0.5) is 11.6 Å². The average Bonchev–Trinajstić information content (AvgIpc) is 2.44. The Morgan fingerprint density at radius 2 is 2.42 bits per heavy atom. The van der Waals surface area contributed by atoms with Crippen LogP contribution in [0, 0.1) is 0 Å². The molecular weight excluding hydrogens is 242 g/mol. The van der Waals surface area contributed by atoms with E-state index in [0.717, 1.165) is 50.8 Å². The maximum atomic E-state index is 5.02. The topological polar surface area (TPSA) is 62.3 Å². The van der Waals surface area contributed by atoms with Crippen molar-refractivity contribution >= 4 is 11.6 Å². The van der Waals surface area contributed by atoms with E-state index in [-0.39, 0.29) is 0 Å². The van der Waals surface area contributed by atoms with Crippen LogP contribution in [0.5, 0.6) is 0 Å². The van der Waals surface area contributed by atoms with E-state index in [0.29, 0.717) is 6.04 Å². The zero-order valence-corrected chi connectivity index (χ0v) is 11.7. The van der Waals surface area contributed by atoms with E-state index in [2.05, 4.69) is 32.4 Å². The van der Waals surface area contributed by atoms with E-state index >= 15 is 0 Å². The van der Waals surface area contributed by atoms with E-state index in [9.17, 15) is 0 Å². The molecule has 1 fully saturated rings. The van der Waals surface area contributed by atoms with Gasteiger partial charge in [-0.15, -0.1) is 0 Å². The highest BCUT2D eigenvalue weighted by Gasteiger charge is 2.17. The summed E-state index contributed by atoms with van der Waals surface area (Å²) >= 11 is 0. The van der Waals surface area contributed by atoms with Crippen molar-refractivity contribution in [2.24, 2.45) is 0 Å². The van der Waals surface area contributed by atoms with Crippen LogP contribution < -0.4 is 15.5 Å². The van der Waals surface area contributed by atoms with Gasteiger partial charge in [0.25, 0.3) is 0 Å². The highest BCUT2D eigenvalue weighted by atomic mass is 16.5. The molecule has 1 aliphatic rings. The summed E-state index contributed by atoms with van der Waals surface area (Å²) in [4.78, 5) is 10.9. The lowest BCUT2D eigenvalue weighted by atomic mass is 10.2. The number of rotatable bonds is 6. The zero-order valence-electron chi connectivity index (χ0n) is 11.7. The van der Waals surface area contributed by atoms with E-state index in [1.54, 1.807) is 13.4 Å². The number of hydrogen-bond acceptors (Lipinski definition) is 6. The van der Waals surface area contributed by atoms with E-state index in [1.807, 2.05) is 6.07 Å². The molecule has 0 amide bonds. The van der Waals surface area contributed by atoms with Crippen LogP contribution in [0.2, 0.25) is 0 Å². The highest BCUT2D eigenvalue weighted by Crippen LogP contribution is 2.15. The largest absolute Gasteiger partial charge is 0.385 e. The number of nitrogens with zero attached hydrogens (tertiary/aromatic N) is 3. The summed E-state index contributed by atoms with van der Waals surface area (Å²) in [5.41, 5.74) is 0. The van der Waals surface area contributed by atoms with Gasteiger partial charge in [0.15, 0.2) is 0 Å². The van der Waals surface area contributed by atoms with Crippen molar-refractivity contribution in [3.05, 3.63) is 12.4 Å². The third kappa shape index (κ3) is 4.33. The second kappa shape index (κ2) is 7.25. The Morgan fingerprint density at radius 3 is 3.21 bits per heavy atom. The molecule has 1 aliphatic heterocycles. The second-order valence-corrected chi connectivity index (χ2v) is 4.84. The first-order valence-electron chi connectivity index (χ1n) is 6.83. The fraction of sp³-hybridized carbons (Fsp3) is 0.692. The van der Waals surface area contributed by atoms with Crippen molar-refractivity contribution in [3.63, 3.8) is 0 Å². The van der Waals surface area contributed by atoms with Gasteiger partial charge in [0.2, 0.25) is 0 Å². The molecule has 2 heterocycles. The van der Waals surface area contributed by atoms with Crippen molar-refractivity contribution in [2.75, 3.05) is 50.1 Å². The number of ether oxygens (including phenoxy) is 1. The van der Waals surface area contributed by atoms with Crippen LogP contribution in [0.25, 0.3) is 0 Å². The maximum absolute atomic E-state index is 5.02. The van der Waals surface area contributed by atoms with Crippen LogP contribution in [-0.2, 0) is 4.74 Å². The standard InChI is InChI=1S/C13H23N5O/c1-11-9-18(6-5-14-11)13-8-12(16-10-17-13)15-4-3-7-19-2/h8,10-11,14H,3-7,9H2,1-2H3,(H,15,16,17). The van der Waals surface area contributed by atoms with Gasteiger partial charge >= 0.3 is 0 Å². The number of aromatic nitrogens is 2. The molecule has 6 heteroatoms. The number of anilines is 2. The van der Waals surface area contributed by atoms with Gasteiger partial charge in [-0.05, 0) is 13.3 Å². The number of nitrogens with one attached hydrogen (secondary N) is 2. The third-order valence-corrected chi connectivity index (χ3v) is 3.18. The van der Waals surface area contributed by atoms with Crippen molar-refractivity contribution in [1.82, 2.24) is 15.3 Å². The molecule has 0 saturated carbocycles. The van der Waals surface area contributed by atoms with Gasteiger partial charge in [-0.2, -0.15) is 0 Å². The predicted molar refractivity (Wildman–Crippen MR) is 76.7 cm³/mol. The quantitative estimate of drug-likeness (QED) is 0.739. The van der Waals surface area contributed by atoms with Gasteiger partial charge in [0, 0.05) is 52.0 Å². The SMILES string of the molecule is COCCCNc1cc(N2CCNC(C)C2)ncn1. The molecule has 1 atom stereocenters. The average molecular weight is 265 g/mol. The van der Waals surface area contributed by atoms with Crippen LogP contribution in [0.15, 0.2) is 12.4 Å². The molecule has 1 aromatic rings.